The summed E-state index contributed by atoms with van der Waals surface area (Å²) in [5.41, 5.74) is 2.21. The van der Waals surface area contributed by atoms with Gasteiger partial charge in [-0.3, -0.25) is 4.79 Å². The van der Waals surface area contributed by atoms with E-state index >= 15 is 0 Å². The van der Waals surface area contributed by atoms with Crippen LogP contribution in [0.2, 0.25) is 0 Å². The van der Waals surface area contributed by atoms with Crippen LogP contribution >= 0.6 is 11.3 Å². The minimum atomic E-state index is -0.0220. The number of fused-ring (bicyclic) bond motifs is 2. The van der Waals surface area contributed by atoms with Crippen molar-refractivity contribution in [2.24, 2.45) is 0 Å². The zero-order chi connectivity index (χ0) is 20.5. The van der Waals surface area contributed by atoms with Crippen LogP contribution < -0.4 is 9.47 Å². The first kappa shape index (κ1) is 18.8. The molecule has 30 heavy (non-hydrogen) atoms. The van der Waals surface area contributed by atoms with Crippen molar-refractivity contribution in [3.63, 3.8) is 0 Å². The van der Waals surface area contributed by atoms with Gasteiger partial charge in [0, 0.05) is 37.4 Å². The van der Waals surface area contributed by atoms with E-state index in [0.29, 0.717) is 24.0 Å². The van der Waals surface area contributed by atoms with Crippen molar-refractivity contribution >= 4 is 38.4 Å². The number of pyridine rings is 1. The van der Waals surface area contributed by atoms with Crippen molar-refractivity contribution in [3.8, 4) is 10.9 Å². The fourth-order valence-corrected chi connectivity index (χ4v) is 4.59. The highest BCUT2D eigenvalue weighted by molar-refractivity contribution is 7.20. The number of para-hydroxylation sites is 1. The van der Waals surface area contributed by atoms with Crippen LogP contribution in [0, 0.1) is 0 Å². The molecule has 0 unspecified atom stereocenters. The number of hydrogen-bond acceptors (Lipinski definition) is 6. The summed E-state index contributed by atoms with van der Waals surface area (Å²) in [6.07, 6.45) is 1.61. The highest BCUT2D eigenvalue weighted by Crippen LogP contribution is 2.32. The molecule has 1 aliphatic rings. The fourth-order valence-electron chi connectivity index (χ4n) is 3.73. The van der Waals surface area contributed by atoms with E-state index in [1.807, 2.05) is 59.5 Å². The second kappa shape index (κ2) is 7.91. The lowest BCUT2D eigenvalue weighted by Gasteiger charge is -2.31. The molecule has 0 N–H and O–H groups in total. The molecule has 4 aromatic rings. The zero-order valence-corrected chi connectivity index (χ0v) is 17.4. The molecule has 1 amide bonds. The maximum absolute atomic E-state index is 12.9. The topological polar surface area (TPSA) is 64.6 Å². The first-order chi connectivity index (χ1) is 14.7. The van der Waals surface area contributed by atoms with Gasteiger partial charge in [-0.2, -0.15) is 0 Å². The van der Waals surface area contributed by atoms with E-state index < -0.39 is 0 Å². The Labute approximate surface area is 178 Å². The van der Waals surface area contributed by atoms with E-state index in [-0.39, 0.29) is 12.0 Å². The lowest BCUT2D eigenvalue weighted by molar-refractivity contribution is 0.0590. The highest BCUT2D eigenvalue weighted by atomic mass is 32.1. The van der Waals surface area contributed by atoms with Crippen molar-refractivity contribution in [3.05, 3.63) is 60.3 Å². The number of ether oxygens (including phenoxy) is 2. The first-order valence-corrected chi connectivity index (χ1v) is 10.8. The van der Waals surface area contributed by atoms with Crippen molar-refractivity contribution < 1.29 is 14.3 Å². The number of hydrogen-bond donors (Lipinski definition) is 0. The van der Waals surface area contributed by atoms with Crippen LogP contribution in [0.5, 0.6) is 10.9 Å². The summed E-state index contributed by atoms with van der Waals surface area (Å²) in [6, 6.07) is 17.4. The maximum Gasteiger partial charge on any atom is 0.274 e. The first-order valence-electron chi connectivity index (χ1n) is 9.96. The maximum atomic E-state index is 12.9. The Morgan fingerprint density at radius 3 is 2.70 bits per heavy atom. The predicted molar refractivity (Wildman–Crippen MR) is 117 cm³/mol. The Kier molecular flexibility index (Phi) is 4.96. The smallest absolute Gasteiger partial charge is 0.274 e. The van der Waals surface area contributed by atoms with Crippen LogP contribution in [0.1, 0.15) is 23.3 Å². The summed E-state index contributed by atoms with van der Waals surface area (Å²) in [5, 5.41) is 1.70. The summed E-state index contributed by atoms with van der Waals surface area (Å²) >= 11 is 1.54. The lowest BCUT2D eigenvalue weighted by atomic mass is 10.1. The van der Waals surface area contributed by atoms with Gasteiger partial charge in [0.05, 0.1) is 22.8 Å². The number of carbonyl (C=O) groups is 1. The number of nitrogens with zero attached hydrogens (tertiary/aromatic N) is 3. The Balaban J connectivity index is 1.23. The molecule has 2 aromatic heterocycles. The molecule has 0 atom stereocenters. The molecule has 0 aliphatic carbocycles. The second-order valence-electron chi connectivity index (χ2n) is 7.31. The average molecular weight is 420 g/mol. The van der Waals surface area contributed by atoms with Crippen molar-refractivity contribution in [2.75, 3.05) is 20.2 Å². The minimum absolute atomic E-state index is 0.0220. The number of piperidine rings is 1. The van der Waals surface area contributed by atoms with Crippen molar-refractivity contribution in [1.29, 1.82) is 0 Å². The van der Waals surface area contributed by atoms with Gasteiger partial charge in [-0.05, 0) is 24.3 Å². The Morgan fingerprint density at radius 2 is 1.87 bits per heavy atom. The lowest BCUT2D eigenvalue weighted by Crippen LogP contribution is -2.42. The molecule has 0 spiro atoms. The third-order valence-corrected chi connectivity index (χ3v) is 6.32. The number of rotatable bonds is 4. The molecule has 2 aromatic carbocycles. The number of likely N-dealkylation sites (tertiary alicyclic amines) is 1. The van der Waals surface area contributed by atoms with Crippen LogP contribution in [0.4, 0.5) is 0 Å². The van der Waals surface area contributed by atoms with E-state index in [1.165, 1.54) is 11.3 Å². The molecule has 1 saturated heterocycles. The van der Waals surface area contributed by atoms with E-state index in [4.69, 9.17) is 9.47 Å². The molecule has 0 bridgehead atoms. The Morgan fingerprint density at radius 1 is 1.03 bits per heavy atom. The summed E-state index contributed by atoms with van der Waals surface area (Å²) in [5.74, 6) is 0.764. The van der Waals surface area contributed by atoms with Crippen LogP contribution in [-0.2, 0) is 0 Å². The summed E-state index contributed by atoms with van der Waals surface area (Å²) in [6.45, 7) is 1.30. The van der Waals surface area contributed by atoms with Crippen LogP contribution in [0.3, 0.4) is 0 Å². The third-order valence-electron chi connectivity index (χ3n) is 5.39. The summed E-state index contributed by atoms with van der Waals surface area (Å²) < 4.78 is 12.4. The van der Waals surface area contributed by atoms with Crippen LogP contribution in [0.25, 0.3) is 21.1 Å². The van der Waals surface area contributed by atoms with E-state index in [2.05, 4.69) is 9.97 Å². The van der Waals surface area contributed by atoms with Gasteiger partial charge in [0.25, 0.3) is 11.1 Å². The highest BCUT2D eigenvalue weighted by Gasteiger charge is 2.26. The van der Waals surface area contributed by atoms with E-state index in [9.17, 15) is 4.79 Å². The number of methoxy groups -OCH3 is 1. The quantitative estimate of drug-likeness (QED) is 0.486. The predicted octanol–water partition coefficient (Wildman–Crippen LogP) is 4.54. The standard InChI is InChI=1S/C23H21N3O3S/c1-28-17-7-9-21-20(14-17)25-23(30-21)29-16-10-12-26(13-11-16)22(27)19-8-6-15-4-2-3-5-18(15)24-19/h2-9,14,16H,10-13H2,1H3. The molecule has 5 rings (SSSR count). The van der Waals surface area contributed by atoms with Crippen LogP contribution in [0.15, 0.2) is 54.6 Å². The van der Waals surface area contributed by atoms with Gasteiger partial charge >= 0.3 is 0 Å². The normalized spacial score (nSPS) is 14.9. The Bertz CT molecular complexity index is 1210. The fraction of sp³-hybridized carbons (Fsp3) is 0.261. The van der Waals surface area contributed by atoms with E-state index in [0.717, 1.165) is 39.7 Å². The number of amides is 1. The second-order valence-corrected chi connectivity index (χ2v) is 8.31. The molecular weight excluding hydrogens is 398 g/mol. The molecule has 3 heterocycles. The van der Waals surface area contributed by atoms with Gasteiger partial charge < -0.3 is 14.4 Å². The molecule has 0 radical (unpaired) electrons. The third kappa shape index (κ3) is 3.68. The summed E-state index contributed by atoms with van der Waals surface area (Å²) in [7, 11) is 1.65. The molecule has 7 heteroatoms. The number of benzene rings is 2. The zero-order valence-electron chi connectivity index (χ0n) is 16.6. The van der Waals surface area contributed by atoms with Gasteiger partial charge in [0.1, 0.15) is 17.5 Å². The van der Waals surface area contributed by atoms with Crippen LogP contribution in [-0.4, -0.2) is 47.1 Å². The Hall–Kier alpha value is -3.19. The van der Waals surface area contributed by atoms with Gasteiger partial charge in [0.2, 0.25) is 0 Å². The van der Waals surface area contributed by atoms with Crippen molar-refractivity contribution in [2.45, 2.75) is 18.9 Å². The number of thiazole rings is 1. The molecular formula is C23H21N3O3S. The molecule has 6 nitrogen and oxygen atoms in total. The van der Waals surface area contributed by atoms with Gasteiger partial charge in [-0.15, -0.1) is 0 Å². The van der Waals surface area contributed by atoms with Gasteiger partial charge in [-0.1, -0.05) is 35.6 Å². The molecule has 152 valence electrons. The number of aromatic nitrogens is 2. The molecule has 1 fully saturated rings. The monoisotopic (exact) mass is 419 g/mol. The SMILES string of the molecule is COc1ccc2sc(OC3CCN(C(=O)c4ccc5ccccc5n4)CC3)nc2c1. The van der Waals surface area contributed by atoms with Gasteiger partial charge in [-0.25, -0.2) is 9.97 Å². The average Bonchev–Trinajstić information content (AvgIpc) is 3.20. The van der Waals surface area contributed by atoms with Crippen molar-refractivity contribution in [1.82, 2.24) is 14.9 Å². The molecule has 1 aliphatic heterocycles. The van der Waals surface area contributed by atoms with E-state index in [1.54, 1.807) is 7.11 Å². The van der Waals surface area contributed by atoms with Gasteiger partial charge in [0.15, 0.2) is 0 Å². The number of carbonyl (C=O) groups excluding carboxylic acids is 1. The largest absolute Gasteiger partial charge is 0.497 e. The molecule has 0 saturated carbocycles. The summed E-state index contributed by atoms with van der Waals surface area (Å²) in [4.78, 5) is 23.9. The minimum Gasteiger partial charge on any atom is -0.497 e.